The van der Waals surface area contributed by atoms with Crippen molar-refractivity contribution in [3.63, 3.8) is 0 Å². The van der Waals surface area contributed by atoms with Crippen molar-refractivity contribution < 1.29 is 5.11 Å². The molecule has 0 radical (unpaired) electrons. The molecule has 0 saturated carbocycles. The fourth-order valence-electron chi connectivity index (χ4n) is 2.20. The van der Waals surface area contributed by atoms with E-state index in [1.165, 1.54) is 17.9 Å². The molecule has 94 valence electrons. The molecule has 0 spiro atoms. The molecule has 3 heteroatoms. The first-order chi connectivity index (χ1) is 8.20. The van der Waals surface area contributed by atoms with E-state index in [9.17, 15) is 0 Å². The molecule has 17 heavy (non-hydrogen) atoms. The minimum Gasteiger partial charge on any atom is -0.392 e. The second-order valence-corrected chi connectivity index (χ2v) is 6.25. The first-order valence-electron chi connectivity index (χ1n) is 6.25. The van der Waals surface area contributed by atoms with Crippen molar-refractivity contribution in [2.24, 2.45) is 0 Å². The SMILES string of the molecule is CC1SCCN(Cc2ccc(CO)cc2)C1C. The van der Waals surface area contributed by atoms with Crippen molar-refractivity contribution in [2.75, 3.05) is 12.3 Å². The molecule has 1 fully saturated rings. The molecule has 0 aromatic heterocycles. The molecule has 1 N–H and O–H groups in total. The molecule has 2 nitrogen and oxygen atoms in total. The van der Waals surface area contributed by atoms with E-state index in [0.717, 1.165) is 17.4 Å². The highest BCUT2D eigenvalue weighted by Gasteiger charge is 2.24. The zero-order chi connectivity index (χ0) is 12.3. The van der Waals surface area contributed by atoms with Crippen LogP contribution in [0.25, 0.3) is 0 Å². The largest absolute Gasteiger partial charge is 0.392 e. The second-order valence-electron chi connectivity index (χ2n) is 4.76. The van der Waals surface area contributed by atoms with Crippen molar-refractivity contribution in [2.45, 2.75) is 38.3 Å². The van der Waals surface area contributed by atoms with Crippen LogP contribution in [0.2, 0.25) is 0 Å². The summed E-state index contributed by atoms with van der Waals surface area (Å²) in [6.07, 6.45) is 0. The summed E-state index contributed by atoms with van der Waals surface area (Å²) in [7, 11) is 0. The Morgan fingerprint density at radius 3 is 2.53 bits per heavy atom. The Bertz CT molecular complexity index is 352. The third-order valence-corrected chi connectivity index (χ3v) is 4.94. The molecular weight excluding hydrogens is 230 g/mol. The number of hydrogen-bond donors (Lipinski definition) is 1. The van der Waals surface area contributed by atoms with Crippen LogP contribution < -0.4 is 0 Å². The van der Waals surface area contributed by atoms with Crippen molar-refractivity contribution in [1.82, 2.24) is 4.90 Å². The first-order valence-corrected chi connectivity index (χ1v) is 7.30. The van der Waals surface area contributed by atoms with Gasteiger partial charge in [0.15, 0.2) is 0 Å². The predicted octanol–water partition coefficient (Wildman–Crippen LogP) is 2.50. The molecule has 2 rings (SSSR count). The summed E-state index contributed by atoms with van der Waals surface area (Å²) < 4.78 is 0. The lowest BCUT2D eigenvalue weighted by Crippen LogP contribution is -2.43. The standard InChI is InChI=1S/C14H21NOS/c1-11-12(2)17-8-7-15(11)9-13-3-5-14(10-16)6-4-13/h3-6,11-12,16H,7-10H2,1-2H3. The minimum atomic E-state index is 0.133. The lowest BCUT2D eigenvalue weighted by atomic mass is 10.1. The Morgan fingerprint density at radius 2 is 1.88 bits per heavy atom. The van der Waals surface area contributed by atoms with Gasteiger partial charge < -0.3 is 5.11 Å². The molecular formula is C14H21NOS. The zero-order valence-electron chi connectivity index (χ0n) is 10.6. The lowest BCUT2D eigenvalue weighted by Gasteiger charge is -2.37. The summed E-state index contributed by atoms with van der Waals surface area (Å²) in [5.74, 6) is 1.24. The lowest BCUT2D eigenvalue weighted by molar-refractivity contribution is 0.204. The maximum absolute atomic E-state index is 9.01. The number of nitrogens with zero attached hydrogens (tertiary/aromatic N) is 1. The maximum Gasteiger partial charge on any atom is 0.0681 e. The van der Waals surface area contributed by atoms with Gasteiger partial charge in [-0.1, -0.05) is 31.2 Å². The summed E-state index contributed by atoms with van der Waals surface area (Å²) in [5, 5.41) is 9.74. The molecule has 1 aromatic rings. The Hall–Kier alpha value is -0.510. The van der Waals surface area contributed by atoms with Gasteiger partial charge in [0.1, 0.15) is 0 Å². The van der Waals surface area contributed by atoms with Crippen molar-refractivity contribution in [1.29, 1.82) is 0 Å². The molecule has 2 unspecified atom stereocenters. The summed E-state index contributed by atoms with van der Waals surface area (Å²) in [6, 6.07) is 8.94. The Labute approximate surface area is 108 Å². The van der Waals surface area contributed by atoms with E-state index in [4.69, 9.17) is 5.11 Å². The van der Waals surface area contributed by atoms with E-state index >= 15 is 0 Å². The summed E-state index contributed by atoms with van der Waals surface area (Å²) in [5.41, 5.74) is 2.33. The minimum absolute atomic E-state index is 0.133. The van der Waals surface area contributed by atoms with Crippen LogP contribution in [0.3, 0.4) is 0 Å². The van der Waals surface area contributed by atoms with E-state index < -0.39 is 0 Å². The smallest absolute Gasteiger partial charge is 0.0681 e. The quantitative estimate of drug-likeness (QED) is 0.893. The maximum atomic E-state index is 9.01. The van der Waals surface area contributed by atoms with Crippen LogP contribution in [0.15, 0.2) is 24.3 Å². The van der Waals surface area contributed by atoms with Gasteiger partial charge in [0.2, 0.25) is 0 Å². The summed E-state index contributed by atoms with van der Waals surface area (Å²) >= 11 is 2.07. The number of hydrogen-bond acceptors (Lipinski definition) is 3. The number of thioether (sulfide) groups is 1. The molecule has 1 aliphatic rings. The fraction of sp³-hybridized carbons (Fsp3) is 0.571. The van der Waals surface area contributed by atoms with Crippen LogP contribution in [-0.2, 0) is 13.2 Å². The summed E-state index contributed by atoms with van der Waals surface area (Å²) in [6.45, 7) is 6.97. The molecule has 1 saturated heterocycles. The second kappa shape index (κ2) is 5.89. The number of aliphatic hydroxyl groups excluding tert-OH is 1. The van der Waals surface area contributed by atoms with Gasteiger partial charge in [-0.3, -0.25) is 4.90 Å². The van der Waals surface area contributed by atoms with Crippen LogP contribution >= 0.6 is 11.8 Å². The van der Waals surface area contributed by atoms with E-state index in [1.54, 1.807) is 0 Å². The van der Waals surface area contributed by atoms with Gasteiger partial charge in [0.05, 0.1) is 6.61 Å². The van der Waals surface area contributed by atoms with E-state index in [0.29, 0.717) is 6.04 Å². The number of aliphatic hydroxyl groups is 1. The Kier molecular flexibility index (Phi) is 4.48. The normalized spacial score (nSPS) is 26.1. The van der Waals surface area contributed by atoms with E-state index in [-0.39, 0.29) is 6.61 Å². The molecule has 0 amide bonds. The third-order valence-electron chi connectivity index (χ3n) is 3.61. The molecule has 0 bridgehead atoms. The zero-order valence-corrected chi connectivity index (χ0v) is 11.4. The van der Waals surface area contributed by atoms with Crippen LogP contribution in [0.1, 0.15) is 25.0 Å². The van der Waals surface area contributed by atoms with Gasteiger partial charge in [0, 0.05) is 30.1 Å². The Balaban J connectivity index is 1.99. The highest BCUT2D eigenvalue weighted by atomic mass is 32.2. The Morgan fingerprint density at radius 1 is 1.24 bits per heavy atom. The van der Waals surface area contributed by atoms with Gasteiger partial charge in [0.25, 0.3) is 0 Å². The van der Waals surface area contributed by atoms with Gasteiger partial charge >= 0.3 is 0 Å². The monoisotopic (exact) mass is 251 g/mol. The number of benzene rings is 1. The topological polar surface area (TPSA) is 23.5 Å². The van der Waals surface area contributed by atoms with Crippen LogP contribution in [-0.4, -0.2) is 33.6 Å². The summed E-state index contributed by atoms with van der Waals surface area (Å²) in [4.78, 5) is 2.55. The molecule has 1 aromatic carbocycles. The fourth-order valence-corrected chi connectivity index (χ4v) is 3.37. The van der Waals surface area contributed by atoms with Gasteiger partial charge in [-0.2, -0.15) is 11.8 Å². The van der Waals surface area contributed by atoms with Crippen molar-refractivity contribution in [3.8, 4) is 0 Å². The molecule has 1 heterocycles. The van der Waals surface area contributed by atoms with Crippen LogP contribution in [0, 0.1) is 0 Å². The molecule has 0 aliphatic carbocycles. The average molecular weight is 251 g/mol. The molecule has 1 aliphatic heterocycles. The van der Waals surface area contributed by atoms with Crippen LogP contribution in [0.4, 0.5) is 0 Å². The van der Waals surface area contributed by atoms with Crippen molar-refractivity contribution in [3.05, 3.63) is 35.4 Å². The van der Waals surface area contributed by atoms with Crippen molar-refractivity contribution >= 4 is 11.8 Å². The van der Waals surface area contributed by atoms with E-state index in [2.05, 4.69) is 42.6 Å². The molecule has 2 atom stereocenters. The van der Waals surface area contributed by atoms with Crippen LogP contribution in [0.5, 0.6) is 0 Å². The average Bonchev–Trinajstić information content (AvgIpc) is 2.36. The third kappa shape index (κ3) is 3.24. The highest BCUT2D eigenvalue weighted by molar-refractivity contribution is 8.00. The van der Waals surface area contributed by atoms with Gasteiger partial charge in [-0.05, 0) is 18.1 Å². The van der Waals surface area contributed by atoms with Gasteiger partial charge in [-0.25, -0.2) is 0 Å². The van der Waals surface area contributed by atoms with Gasteiger partial charge in [-0.15, -0.1) is 0 Å². The number of rotatable bonds is 3. The predicted molar refractivity (Wildman–Crippen MR) is 74.2 cm³/mol. The highest BCUT2D eigenvalue weighted by Crippen LogP contribution is 2.25. The first kappa shape index (κ1) is 12.9. The van der Waals surface area contributed by atoms with E-state index in [1.807, 2.05) is 12.1 Å².